The second-order valence-corrected chi connectivity index (χ2v) is 6.54. The molecule has 1 heterocycles. The maximum Gasteiger partial charge on any atom is 0.224 e. The first-order valence-electron chi connectivity index (χ1n) is 6.31. The molecule has 1 saturated carbocycles. The smallest absolute Gasteiger partial charge is 0.224 e. The molecular weight excluding hydrogens is 220 g/mol. The Morgan fingerprint density at radius 2 is 2.31 bits per heavy atom. The number of hydrogen-bond acceptors (Lipinski definition) is 3. The van der Waals surface area contributed by atoms with Crippen molar-refractivity contribution >= 4 is 17.7 Å². The van der Waals surface area contributed by atoms with Gasteiger partial charge in [0.2, 0.25) is 5.91 Å². The summed E-state index contributed by atoms with van der Waals surface area (Å²) in [6.45, 7) is 4.04. The first kappa shape index (κ1) is 12.2. The van der Waals surface area contributed by atoms with Gasteiger partial charge in [0.1, 0.15) is 0 Å². The van der Waals surface area contributed by atoms with Crippen molar-refractivity contribution in [3.05, 3.63) is 0 Å². The van der Waals surface area contributed by atoms with E-state index in [1.165, 1.54) is 6.42 Å². The lowest BCUT2D eigenvalue weighted by molar-refractivity contribution is -0.133. The highest BCUT2D eigenvalue weighted by molar-refractivity contribution is 8.00. The van der Waals surface area contributed by atoms with Gasteiger partial charge in [0.25, 0.3) is 0 Å². The normalized spacial score (nSPS) is 28.6. The van der Waals surface area contributed by atoms with Crippen LogP contribution in [-0.4, -0.2) is 40.4 Å². The predicted octanol–water partition coefficient (Wildman–Crippen LogP) is 1.61. The third-order valence-corrected chi connectivity index (χ3v) is 5.17. The van der Waals surface area contributed by atoms with E-state index in [0.717, 1.165) is 38.1 Å². The van der Waals surface area contributed by atoms with Crippen molar-refractivity contribution in [2.24, 2.45) is 5.73 Å². The molecule has 0 bridgehead atoms. The molecule has 2 N–H and O–H groups in total. The van der Waals surface area contributed by atoms with E-state index in [9.17, 15) is 4.79 Å². The van der Waals surface area contributed by atoms with Crippen LogP contribution in [0, 0.1) is 0 Å². The minimum absolute atomic E-state index is 0.163. The lowest BCUT2D eigenvalue weighted by Crippen LogP contribution is -2.52. The molecule has 0 radical (unpaired) electrons. The molecule has 1 saturated heterocycles. The van der Waals surface area contributed by atoms with E-state index in [4.69, 9.17) is 5.73 Å². The van der Waals surface area contributed by atoms with Gasteiger partial charge >= 0.3 is 0 Å². The fourth-order valence-corrected chi connectivity index (χ4v) is 3.59. The summed E-state index contributed by atoms with van der Waals surface area (Å²) >= 11 is 2.00. The highest BCUT2D eigenvalue weighted by Crippen LogP contribution is 2.33. The van der Waals surface area contributed by atoms with Crippen molar-refractivity contribution in [3.8, 4) is 0 Å². The summed E-state index contributed by atoms with van der Waals surface area (Å²) in [6, 6.07) is 0. The van der Waals surface area contributed by atoms with Crippen LogP contribution in [0.3, 0.4) is 0 Å². The van der Waals surface area contributed by atoms with Crippen LogP contribution in [0.15, 0.2) is 0 Å². The molecule has 2 fully saturated rings. The summed E-state index contributed by atoms with van der Waals surface area (Å²) in [7, 11) is 0. The van der Waals surface area contributed by atoms with Crippen LogP contribution in [0.4, 0.5) is 0 Å². The molecule has 2 aliphatic rings. The maximum atomic E-state index is 12.1. The van der Waals surface area contributed by atoms with Gasteiger partial charge < -0.3 is 10.6 Å². The minimum atomic E-state index is -0.163. The van der Waals surface area contributed by atoms with Crippen LogP contribution in [0.25, 0.3) is 0 Å². The van der Waals surface area contributed by atoms with Crippen molar-refractivity contribution in [1.29, 1.82) is 0 Å². The average molecular weight is 242 g/mol. The third-order valence-electron chi connectivity index (χ3n) is 3.80. The second kappa shape index (κ2) is 4.96. The van der Waals surface area contributed by atoms with E-state index in [-0.39, 0.29) is 11.4 Å². The molecule has 92 valence electrons. The zero-order valence-corrected chi connectivity index (χ0v) is 10.9. The number of carbonyl (C=O) groups is 1. The highest BCUT2D eigenvalue weighted by Gasteiger charge is 2.36. The highest BCUT2D eigenvalue weighted by atomic mass is 32.2. The fraction of sp³-hybridized carbons (Fsp3) is 0.917. The Morgan fingerprint density at radius 3 is 2.88 bits per heavy atom. The molecule has 1 unspecified atom stereocenters. The fourth-order valence-electron chi connectivity index (χ4n) is 2.41. The first-order chi connectivity index (χ1) is 7.63. The average Bonchev–Trinajstić information content (AvgIpc) is 2.27. The molecule has 1 aliphatic heterocycles. The number of nitrogens with zero attached hydrogens (tertiary/aromatic N) is 1. The molecular formula is C12H22N2OS. The van der Waals surface area contributed by atoms with Crippen LogP contribution >= 0.6 is 11.8 Å². The molecule has 0 aromatic rings. The summed E-state index contributed by atoms with van der Waals surface area (Å²) in [5.41, 5.74) is 5.96. The predicted molar refractivity (Wildman–Crippen MR) is 68.5 cm³/mol. The van der Waals surface area contributed by atoms with E-state index in [1.54, 1.807) is 0 Å². The second-order valence-electron chi connectivity index (χ2n) is 5.13. The van der Waals surface area contributed by atoms with Gasteiger partial charge in [0, 0.05) is 36.1 Å². The van der Waals surface area contributed by atoms with Crippen molar-refractivity contribution in [3.63, 3.8) is 0 Å². The molecule has 16 heavy (non-hydrogen) atoms. The Morgan fingerprint density at radius 1 is 1.56 bits per heavy atom. The van der Waals surface area contributed by atoms with E-state index >= 15 is 0 Å². The lowest BCUT2D eigenvalue weighted by Gasteiger charge is -2.40. The van der Waals surface area contributed by atoms with E-state index in [1.807, 2.05) is 16.7 Å². The first-order valence-corrected chi connectivity index (χ1v) is 7.36. The van der Waals surface area contributed by atoms with Gasteiger partial charge in [-0.05, 0) is 25.7 Å². The van der Waals surface area contributed by atoms with Gasteiger partial charge in [-0.1, -0.05) is 6.92 Å². The summed E-state index contributed by atoms with van der Waals surface area (Å²) in [4.78, 5) is 14.1. The Labute approximate surface area is 102 Å². The molecule has 0 spiro atoms. The Kier molecular flexibility index (Phi) is 3.80. The number of thioether (sulfide) groups is 1. The monoisotopic (exact) mass is 242 g/mol. The number of hydrogen-bond donors (Lipinski definition) is 1. The molecule has 4 heteroatoms. The van der Waals surface area contributed by atoms with Crippen LogP contribution < -0.4 is 5.73 Å². The summed E-state index contributed by atoms with van der Waals surface area (Å²) in [5, 5.41) is 0.632. The summed E-state index contributed by atoms with van der Waals surface area (Å²) in [6.07, 6.45) is 4.96. The summed E-state index contributed by atoms with van der Waals surface area (Å²) in [5.74, 6) is 1.36. The third kappa shape index (κ3) is 2.72. The Balaban J connectivity index is 1.84. The molecule has 1 aliphatic carbocycles. The van der Waals surface area contributed by atoms with E-state index < -0.39 is 0 Å². The molecule has 0 aromatic carbocycles. The maximum absolute atomic E-state index is 12.1. The SMILES string of the molecule is CCC1CN(C(=O)CC2(N)CCC2)CCS1. The van der Waals surface area contributed by atoms with Gasteiger partial charge in [0.05, 0.1) is 0 Å². The largest absolute Gasteiger partial charge is 0.341 e. The Bertz CT molecular complexity index is 266. The van der Waals surface area contributed by atoms with Crippen molar-refractivity contribution in [1.82, 2.24) is 4.90 Å². The summed E-state index contributed by atoms with van der Waals surface area (Å²) < 4.78 is 0. The molecule has 1 atom stereocenters. The van der Waals surface area contributed by atoms with Crippen molar-refractivity contribution in [2.45, 2.75) is 49.8 Å². The van der Waals surface area contributed by atoms with E-state index in [0.29, 0.717) is 11.7 Å². The Hall–Kier alpha value is -0.220. The number of carbonyl (C=O) groups excluding carboxylic acids is 1. The molecule has 1 amide bonds. The van der Waals surface area contributed by atoms with Gasteiger partial charge in [-0.25, -0.2) is 0 Å². The van der Waals surface area contributed by atoms with Crippen LogP contribution in [0.2, 0.25) is 0 Å². The topological polar surface area (TPSA) is 46.3 Å². The zero-order valence-electron chi connectivity index (χ0n) is 10.1. The van der Waals surface area contributed by atoms with Crippen LogP contribution in [-0.2, 0) is 4.79 Å². The lowest BCUT2D eigenvalue weighted by atomic mass is 9.75. The van der Waals surface area contributed by atoms with Crippen molar-refractivity contribution < 1.29 is 4.79 Å². The zero-order chi connectivity index (χ0) is 11.6. The molecule has 0 aromatic heterocycles. The van der Waals surface area contributed by atoms with Gasteiger partial charge in [-0.3, -0.25) is 4.79 Å². The standard InChI is InChI=1S/C12H22N2OS/c1-2-10-9-14(6-7-16-10)11(15)8-12(13)4-3-5-12/h10H,2-9,13H2,1H3. The number of amides is 1. The van der Waals surface area contributed by atoms with E-state index in [2.05, 4.69) is 6.92 Å². The van der Waals surface area contributed by atoms with Gasteiger partial charge in [0.15, 0.2) is 0 Å². The molecule has 2 rings (SSSR count). The van der Waals surface area contributed by atoms with Crippen molar-refractivity contribution in [2.75, 3.05) is 18.8 Å². The van der Waals surface area contributed by atoms with Crippen LogP contribution in [0.5, 0.6) is 0 Å². The number of rotatable bonds is 3. The van der Waals surface area contributed by atoms with Gasteiger partial charge in [-0.2, -0.15) is 11.8 Å². The number of nitrogens with two attached hydrogens (primary N) is 1. The quantitative estimate of drug-likeness (QED) is 0.818. The molecule has 3 nitrogen and oxygen atoms in total. The minimum Gasteiger partial charge on any atom is -0.341 e. The van der Waals surface area contributed by atoms with Crippen LogP contribution in [0.1, 0.15) is 39.0 Å². The van der Waals surface area contributed by atoms with Gasteiger partial charge in [-0.15, -0.1) is 0 Å².